The van der Waals surface area contributed by atoms with E-state index in [-0.39, 0.29) is 5.91 Å². The number of carbonyl (C=O) groups is 1. The van der Waals surface area contributed by atoms with E-state index in [9.17, 15) is 4.79 Å². The van der Waals surface area contributed by atoms with Gasteiger partial charge in [0.05, 0.1) is 0 Å². The first-order valence-corrected chi connectivity index (χ1v) is 7.95. The maximum absolute atomic E-state index is 11.7. The van der Waals surface area contributed by atoms with Gasteiger partial charge in [0, 0.05) is 30.9 Å². The maximum atomic E-state index is 11.7. The zero-order valence-corrected chi connectivity index (χ0v) is 11.9. The van der Waals surface area contributed by atoms with Crippen LogP contribution in [0.2, 0.25) is 0 Å². The molecule has 1 amide bonds. The molecule has 1 aliphatic rings. The molecule has 1 saturated carbocycles. The molecule has 1 aliphatic carbocycles. The molecule has 1 rings (SSSR count). The van der Waals surface area contributed by atoms with Crippen LogP contribution in [-0.4, -0.2) is 36.7 Å². The van der Waals surface area contributed by atoms with E-state index in [4.69, 9.17) is 4.74 Å². The Balaban J connectivity index is 2.12. The molecule has 0 spiro atoms. The van der Waals surface area contributed by atoms with Crippen LogP contribution in [0, 0.1) is 0 Å². The van der Waals surface area contributed by atoms with Gasteiger partial charge in [-0.3, -0.25) is 4.79 Å². The van der Waals surface area contributed by atoms with Crippen LogP contribution in [0.15, 0.2) is 0 Å². The first kappa shape index (κ1) is 14.8. The minimum Gasteiger partial charge on any atom is -0.382 e. The van der Waals surface area contributed by atoms with Gasteiger partial charge in [-0.2, -0.15) is 11.8 Å². The van der Waals surface area contributed by atoms with Crippen LogP contribution in [0.3, 0.4) is 0 Å². The first-order chi connectivity index (χ1) is 8.26. The van der Waals surface area contributed by atoms with E-state index in [1.165, 1.54) is 12.8 Å². The molecule has 0 aromatic heterocycles. The molecule has 0 radical (unpaired) electrons. The van der Waals surface area contributed by atoms with Gasteiger partial charge >= 0.3 is 0 Å². The number of hydrogen-bond donors (Lipinski definition) is 1. The van der Waals surface area contributed by atoms with E-state index in [1.54, 1.807) is 0 Å². The second-order valence-electron chi connectivity index (χ2n) is 4.59. The fourth-order valence-corrected chi connectivity index (χ4v) is 3.10. The van der Waals surface area contributed by atoms with Crippen LogP contribution in [0.5, 0.6) is 0 Å². The minimum atomic E-state index is 0.191. The molecule has 0 aromatic rings. The van der Waals surface area contributed by atoms with E-state index < -0.39 is 0 Å². The lowest BCUT2D eigenvalue weighted by Gasteiger charge is -2.28. The predicted molar refractivity (Wildman–Crippen MR) is 73.4 cm³/mol. The molecule has 0 saturated heterocycles. The van der Waals surface area contributed by atoms with Gasteiger partial charge in [-0.1, -0.05) is 6.42 Å². The quantitative estimate of drug-likeness (QED) is 0.714. The molecule has 1 N–H and O–H groups in total. The molecule has 0 bridgehead atoms. The molecular formula is C13H25NO2S. The van der Waals surface area contributed by atoms with Crippen molar-refractivity contribution in [3.05, 3.63) is 0 Å². The summed E-state index contributed by atoms with van der Waals surface area (Å²) in [4.78, 5) is 11.7. The highest BCUT2D eigenvalue weighted by Crippen LogP contribution is 2.26. The smallest absolute Gasteiger partial charge is 0.220 e. The summed E-state index contributed by atoms with van der Waals surface area (Å²) in [6.45, 7) is 3.41. The van der Waals surface area contributed by atoms with Crippen molar-refractivity contribution in [1.82, 2.24) is 5.32 Å². The van der Waals surface area contributed by atoms with Gasteiger partial charge in [0.2, 0.25) is 5.91 Å². The Labute approximate surface area is 109 Å². The van der Waals surface area contributed by atoms with Crippen LogP contribution in [0.25, 0.3) is 0 Å². The van der Waals surface area contributed by atoms with Crippen LogP contribution in [0.4, 0.5) is 0 Å². The first-order valence-electron chi connectivity index (χ1n) is 6.66. The molecule has 17 heavy (non-hydrogen) atoms. The summed E-state index contributed by atoms with van der Waals surface area (Å²) in [6, 6.07) is 0.404. The molecule has 0 aromatic carbocycles. The van der Waals surface area contributed by atoms with Crippen molar-refractivity contribution < 1.29 is 9.53 Å². The van der Waals surface area contributed by atoms with E-state index in [2.05, 4.69) is 11.6 Å². The third-order valence-electron chi connectivity index (χ3n) is 3.22. The fraction of sp³-hybridized carbons (Fsp3) is 0.923. The molecule has 100 valence electrons. The molecule has 0 aliphatic heterocycles. The van der Waals surface area contributed by atoms with Crippen LogP contribution in [0.1, 0.15) is 45.4 Å². The van der Waals surface area contributed by atoms with Crippen molar-refractivity contribution in [2.24, 2.45) is 0 Å². The highest BCUT2D eigenvalue weighted by atomic mass is 32.2. The van der Waals surface area contributed by atoms with E-state index in [0.29, 0.717) is 19.1 Å². The third kappa shape index (κ3) is 6.32. The van der Waals surface area contributed by atoms with Crippen LogP contribution < -0.4 is 5.32 Å². The normalized spacial score (nSPS) is 24.6. The van der Waals surface area contributed by atoms with Crippen molar-refractivity contribution in [2.75, 3.05) is 19.5 Å². The largest absolute Gasteiger partial charge is 0.382 e. The van der Waals surface area contributed by atoms with E-state index >= 15 is 0 Å². The Bertz CT molecular complexity index is 223. The second kappa shape index (κ2) is 8.81. The van der Waals surface area contributed by atoms with Gasteiger partial charge in [-0.05, 0) is 38.9 Å². The predicted octanol–water partition coefficient (Wildman–Crippen LogP) is 2.59. The Morgan fingerprint density at radius 2 is 2.29 bits per heavy atom. The third-order valence-corrected chi connectivity index (χ3v) is 4.32. The zero-order valence-electron chi connectivity index (χ0n) is 11.0. The monoisotopic (exact) mass is 259 g/mol. The summed E-state index contributed by atoms with van der Waals surface area (Å²) in [5, 5.41) is 3.89. The molecular weight excluding hydrogens is 234 g/mol. The number of nitrogens with one attached hydrogen (secondary N) is 1. The van der Waals surface area contributed by atoms with Crippen LogP contribution in [-0.2, 0) is 9.53 Å². The molecule has 2 atom stereocenters. The van der Waals surface area contributed by atoms with Gasteiger partial charge in [0.25, 0.3) is 0 Å². The minimum absolute atomic E-state index is 0.191. The lowest BCUT2D eigenvalue weighted by atomic mass is 9.95. The summed E-state index contributed by atoms with van der Waals surface area (Å²) in [5.74, 6) is 0.191. The van der Waals surface area contributed by atoms with Crippen molar-refractivity contribution >= 4 is 17.7 Å². The number of carbonyl (C=O) groups excluding carboxylic acids is 1. The highest BCUT2D eigenvalue weighted by Gasteiger charge is 2.22. The Kier molecular flexibility index (Phi) is 7.69. The number of ether oxygens (including phenoxy) is 1. The standard InChI is InChI=1S/C13H25NO2S/c1-3-16-9-5-8-13(15)14-11-6-4-7-12(10-11)17-2/h11-12H,3-10H2,1-2H3,(H,14,15)/t11-,12+/m1/s1. The molecule has 1 fully saturated rings. The number of amides is 1. The lowest BCUT2D eigenvalue weighted by Crippen LogP contribution is -2.39. The van der Waals surface area contributed by atoms with E-state index in [0.717, 1.165) is 31.1 Å². The van der Waals surface area contributed by atoms with Gasteiger partial charge in [-0.15, -0.1) is 0 Å². The average Bonchev–Trinajstić information content (AvgIpc) is 2.35. The van der Waals surface area contributed by atoms with Crippen molar-refractivity contribution in [3.8, 4) is 0 Å². The van der Waals surface area contributed by atoms with Gasteiger partial charge in [0.15, 0.2) is 0 Å². The SMILES string of the molecule is CCOCCCC(=O)N[C@@H]1CCC[C@H](SC)C1. The summed E-state index contributed by atoms with van der Waals surface area (Å²) >= 11 is 1.93. The van der Waals surface area contributed by atoms with Crippen LogP contribution >= 0.6 is 11.8 Å². The number of rotatable bonds is 7. The fourth-order valence-electron chi connectivity index (χ4n) is 2.27. The van der Waals surface area contributed by atoms with Crippen molar-refractivity contribution in [1.29, 1.82) is 0 Å². The van der Waals surface area contributed by atoms with Crippen molar-refractivity contribution in [3.63, 3.8) is 0 Å². The summed E-state index contributed by atoms with van der Waals surface area (Å²) in [6.07, 6.45) is 8.43. The molecule has 0 heterocycles. The van der Waals surface area contributed by atoms with Gasteiger partial charge in [-0.25, -0.2) is 0 Å². The summed E-state index contributed by atoms with van der Waals surface area (Å²) < 4.78 is 5.22. The van der Waals surface area contributed by atoms with Gasteiger partial charge in [0.1, 0.15) is 0 Å². The lowest BCUT2D eigenvalue weighted by molar-refractivity contribution is -0.122. The summed E-state index contributed by atoms with van der Waals surface area (Å²) in [5.41, 5.74) is 0. The van der Waals surface area contributed by atoms with E-state index in [1.807, 2.05) is 18.7 Å². The second-order valence-corrected chi connectivity index (χ2v) is 5.73. The average molecular weight is 259 g/mol. The number of hydrogen-bond acceptors (Lipinski definition) is 3. The number of thioether (sulfide) groups is 1. The molecule has 0 unspecified atom stereocenters. The zero-order chi connectivity index (χ0) is 12.5. The molecule has 4 heteroatoms. The summed E-state index contributed by atoms with van der Waals surface area (Å²) in [7, 11) is 0. The van der Waals surface area contributed by atoms with Gasteiger partial charge < -0.3 is 10.1 Å². The highest BCUT2D eigenvalue weighted by molar-refractivity contribution is 7.99. The Hall–Kier alpha value is -0.220. The molecule has 3 nitrogen and oxygen atoms in total. The van der Waals surface area contributed by atoms with Crippen molar-refractivity contribution in [2.45, 2.75) is 56.7 Å². The maximum Gasteiger partial charge on any atom is 0.220 e. The topological polar surface area (TPSA) is 38.3 Å². The Morgan fingerprint density at radius 3 is 3.00 bits per heavy atom. The Morgan fingerprint density at radius 1 is 1.47 bits per heavy atom.